The van der Waals surface area contributed by atoms with Crippen LogP contribution in [-0.2, 0) is 35.0 Å². The minimum absolute atomic E-state index is 0.201. The maximum atomic E-state index is 12.2. The highest BCUT2D eigenvalue weighted by Crippen LogP contribution is 2.18. The average Bonchev–Trinajstić information content (AvgIpc) is 2.64. The van der Waals surface area contributed by atoms with Gasteiger partial charge in [-0.15, -0.1) is 0 Å². The van der Waals surface area contributed by atoms with Gasteiger partial charge in [-0.25, -0.2) is 0 Å². The summed E-state index contributed by atoms with van der Waals surface area (Å²) in [5.41, 5.74) is 1.75. The fraction of sp³-hybridized carbons (Fsp3) is 0.667. The van der Waals surface area contributed by atoms with E-state index in [-0.39, 0.29) is 30.9 Å². The molecule has 0 aliphatic heterocycles. The second kappa shape index (κ2) is 13.4. The average molecular weight is 423 g/mol. The van der Waals surface area contributed by atoms with Crippen molar-refractivity contribution in [1.82, 2.24) is 0 Å². The Morgan fingerprint density at radius 2 is 1.43 bits per heavy atom. The number of esters is 2. The van der Waals surface area contributed by atoms with E-state index in [4.69, 9.17) is 18.9 Å². The largest absolute Gasteiger partial charge is 0.463 e. The number of ether oxygens (including phenoxy) is 4. The lowest BCUT2D eigenvalue weighted by Crippen LogP contribution is -2.24. The van der Waals surface area contributed by atoms with Crippen LogP contribution in [0.5, 0.6) is 0 Å². The van der Waals surface area contributed by atoms with E-state index in [1.807, 2.05) is 39.8 Å². The zero-order valence-electron chi connectivity index (χ0n) is 19.4. The molecular weight excluding hydrogens is 384 g/mol. The number of carbonyl (C=O) groups is 2. The Hall–Kier alpha value is -1.92. The van der Waals surface area contributed by atoms with Crippen LogP contribution in [0.3, 0.4) is 0 Å². The minimum Gasteiger partial charge on any atom is -0.463 e. The van der Waals surface area contributed by atoms with Gasteiger partial charge in [0, 0.05) is 0 Å². The summed E-state index contributed by atoms with van der Waals surface area (Å²) in [6, 6.07) is 8.14. The van der Waals surface area contributed by atoms with Crippen LogP contribution in [0.2, 0.25) is 0 Å². The molecule has 0 saturated carbocycles. The molecule has 0 aliphatic carbocycles. The molecule has 0 N–H and O–H groups in total. The molecule has 1 unspecified atom stereocenters. The van der Waals surface area contributed by atoms with Crippen molar-refractivity contribution in [2.24, 2.45) is 5.92 Å². The van der Waals surface area contributed by atoms with Gasteiger partial charge in [-0.05, 0) is 51.2 Å². The van der Waals surface area contributed by atoms with Gasteiger partial charge in [0.25, 0.3) is 0 Å². The van der Waals surface area contributed by atoms with E-state index in [1.165, 1.54) is 5.56 Å². The van der Waals surface area contributed by atoms with Gasteiger partial charge in [0.05, 0.1) is 38.8 Å². The first-order chi connectivity index (χ1) is 14.1. The van der Waals surface area contributed by atoms with E-state index >= 15 is 0 Å². The molecule has 0 amide bonds. The summed E-state index contributed by atoms with van der Waals surface area (Å²) in [5, 5.41) is 0. The summed E-state index contributed by atoms with van der Waals surface area (Å²) >= 11 is 0. The zero-order chi connectivity index (χ0) is 22.6. The normalized spacial score (nSPS) is 12.6. The third kappa shape index (κ3) is 11.9. The van der Waals surface area contributed by atoms with Gasteiger partial charge in [-0.3, -0.25) is 9.59 Å². The zero-order valence-corrected chi connectivity index (χ0v) is 19.4. The van der Waals surface area contributed by atoms with Crippen LogP contribution < -0.4 is 0 Å². The Labute approximate surface area is 181 Å². The van der Waals surface area contributed by atoms with Crippen molar-refractivity contribution in [2.45, 2.75) is 65.9 Å². The van der Waals surface area contributed by atoms with E-state index in [1.54, 1.807) is 0 Å². The lowest BCUT2D eigenvalue weighted by atomic mass is 9.97. The standard InChI is InChI=1S/C24H38O6/c1-18(2)17-20-7-9-21(10-8-20)19(3)23(26)29-16-15-28-14-13-27-12-11-22(25)30-24(4,5)6/h7-10,18-19H,11-17H2,1-6H3. The maximum Gasteiger partial charge on any atom is 0.313 e. The molecule has 170 valence electrons. The molecule has 0 saturated heterocycles. The van der Waals surface area contributed by atoms with E-state index in [2.05, 4.69) is 26.0 Å². The number of rotatable bonds is 13. The number of benzene rings is 1. The lowest BCUT2D eigenvalue weighted by molar-refractivity contribution is -0.156. The lowest BCUT2D eigenvalue weighted by Gasteiger charge is -2.19. The van der Waals surface area contributed by atoms with Crippen LogP contribution in [0.4, 0.5) is 0 Å². The summed E-state index contributed by atoms with van der Waals surface area (Å²) in [5.74, 6) is -0.245. The molecule has 0 radical (unpaired) electrons. The van der Waals surface area contributed by atoms with Crippen molar-refractivity contribution >= 4 is 11.9 Å². The second-order valence-electron chi connectivity index (χ2n) is 8.79. The predicted octanol–water partition coefficient (Wildman–Crippen LogP) is 4.30. The monoisotopic (exact) mass is 422 g/mol. The summed E-state index contributed by atoms with van der Waals surface area (Å²) in [6.07, 6.45) is 1.24. The first kappa shape index (κ1) is 26.1. The highest BCUT2D eigenvalue weighted by atomic mass is 16.6. The third-order valence-corrected chi connectivity index (χ3v) is 4.19. The Morgan fingerprint density at radius 3 is 2.00 bits per heavy atom. The fourth-order valence-corrected chi connectivity index (χ4v) is 2.75. The maximum absolute atomic E-state index is 12.2. The highest BCUT2D eigenvalue weighted by Gasteiger charge is 2.17. The van der Waals surface area contributed by atoms with E-state index in [9.17, 15) is 9.59 Å². The molecule has 6 nitrogen and oxygen atoms in total. The topological polar surface area (TPSA) is 71.1 Å². The highest BCUT2D eigenvalue weighted by molar-refractivity contribution is 5.77. The SMILES string of the molecule is CC(C)Cc1ccc(C(C)C(=O)OCCOCCOCCC(=O)OC(C)(C)C)cc1. The van der Waals surface area contributed by atoms with Crippen LogP contribution in [0.1, 0.15) is 65.0 Å². The molecule has 1 aromatic carbocycles. The van der Waals surface area contributed by atoms with Crippen LogP contribution in [0.15, 0.2) is 24.3 Å². The van der Waals surface area contributed by atoms with Gasteiger partial charge in [0.15, 0.2) is 0 Å². The van der Waals surface area contributed by atoms with Gasteiger partial charge in [-0.1, -0.05) is 38.1 Å². The molecule has 1 aromatic rings. The van der Waals surface area contributed by atoms with Crippen molar-refractivity contribution in [3.05, 3.63) is 35.4 Å². The van der Waals surface area contributed by atoms with Crippen LogP contribution in [-0.4, -0.2) is 50.6 Å². The first-order valence-corrected chi connectivity index (χ1v) is 10.7. The molecule has 0 fully saturated rings. The quantitative estimate of drug-likeness (QED) is 0.349. The molecular formula is C24H38O6. The molecule has 0 bridgehead atoms. The van der Waals surface area contributed by atoms with E-state index in [0.717, 1.165) is 12.0 Å². The molecule has 30 heavy (non-hydrogen) atoms. The third-order valence-electron chi connectivity index (χ3n) is 4.19. The fourth-order valence-electron chi connectivity index (χ4n) is 2.75. The van der Waals surface area contributed by atoms with Gasteiger partial charge in [0.1, 0.15) is 12.2 Å². The van der Waals surface area contributed by atoms with Gasteiger partial charge in [0.2, 0.25) is 0 Å². The van der Waals surface area contributed by atoms with Gasteiger partial charge in [-0.2, -0.15) is 0 Å². The number of hydrogen-bond donors (Lipinski definition) is 0. The molecule has 1 rings (SSSR count). The molecule has 1 atom stereocenters. The van der Waals surface area contributed by atoms with Crippen molar-refractivity contribution in [3.63, 3.8) is 0 Å². The van der Waals surface area contributed by atoms with Crippen LogP contribution in [0, 0.1) is 5.92 Å². The van der Waals surface area contributed by atoms with Crippen molar-refractivity contribution < 1.29 is 28.5 Å². The molecule has 6 heteroatoms. The van der Waals surface area contributed by atoms with Crippen molar-refractivity contribution in [2.75, 3.05) is 33.0 Å². The first-order valence-electron chi connectivity index (χ1n) is 10.7. The van der Waals surface area contributed by atoms with E-state index in [0.29, 0.717) is 32.3 Å². The molecule has 0 spiro atoms. The van der Waals surface area contributed by atoms with Gasteiger partial charge >= 0.3 is 11.9 Å². The molecule has 0 heterocycles. The summed E-state index contributed by atoms with van der Waals surface area (Å²) < 4.78 is 21.2. The minimum atomic E-state index is -0.480. The van der Waals surface area contributed by atoms with Crippen LogP contribution >= 0.6 is 0 Å². The van der Waals surface area contributed by atoms with Crippen molar-refractivity contribution in [1.29, 1.82) is 0 Å². The van der Waals surface area contributed by atoms with Crippen LogP contribution in [0.25, 0.3) is 0 Å². The Balaban J connectivity index is 2.11. The smallest absolute Gasteiger partial charge is 0.313 e. The van der Waals surface area contributed by atoms with Crippen molar-refractivity contribution in [3.8, 4) is 0 Å². The predicted molar refractivity (Wildman–Crippen MR) is 116 cm³/mol. The summed E-state index contributed by atoms with van der Waals surface area (Å²) in [6.45, 7) is 13.3. The Bertz CT molecular complexity index is 630. The summed E-state index contributed by atoms with van der Waals surface area (Å²) in [7, 11) is 0. The number of carbonyl (C=O) groups excluding carboxylic acids is 2. The Kier molecular flexibility index (Phi) is 11.7. The van der Waals surface area contributed by atoms with E-state index < -0.39 is 5.60 Å². The summed E-state index contributed by atoms with van der Waals surface area (Å²) in [4.78, 5) is 23.7. The molecule has 0 aliphatic rings. The Morgan fingerprint density at radius 1 is 0.867 bits per heavy atom. The second-order valence-corrected chi connectivity index (χ2v) is 8.79. The molecule has 0 aromatic heterocycles. The number of hydrogen-bond acceptors (Lipinski definition) is 6. The van der Waals surface area contributed by atoms with Gasteiger partial charge < -0.3 is 18.9 Å².